The van der Waals surface area contributed by atoms with Crippen LogP contribution < -0.4 is 14.8 Å². The van der Waals surface area contributed by atoms with Gasteiger partial charge in [-0.2, -0.15) is 5.26 Å². The second-order valence-electron chi connectivity index (χ2n) is 5.78. The lowest BCUT2D eigenvalue weighted by Gasteiger charge is -2.13. The van der Waals surface area contributed by atoms with Crippen molar-refractivity contribution in [3.05, 3.63) is 48.0 Å². The minimum Gasteiger partial charge on any atom is -0.493 e. The van der Waals surface area contributed by atoms with Crippen molar-refractivity contribution in [2.45, 2.75) is 25.5 Å². The minimum atomic E-state index is -0.319. The number of anilines is 1. The molecule has 0 aromatic heterocycles. The molecule has 0 radical (unpaired) electrons. The maximum atomic E-state index is 11.7. The van der Waals surface area contributed by atoms with Crippen molar-refractivity contribution >= 4 is 11.7 Å². The molecule has 0 saturated carbocycles. The number of hydrogen-bond donors (Lipinski definition) is 1. The van der Waals surface area contributed by atoms with Crippen LogP contribution in [-0.2, 0) is 9.53 Å². The van der Waals surface area contributed by atoms with Crippen LogP contribution in [0.2, 0.25) is 0 Å². The first-order valence-electron chi connectivity index (χ1n) is 7.92. The molecule has 1 saturated heterocycles. The molecule has 2 unspecified atom stereocenters. The van der Waals surface area contributed by atoms with E-state index >= 15 is 0 Å². The van der Waals surface area contributed by atoms with Crippen LogP contribution in [0.3, 0.4) is 0 Å². The molecule has 2 atom stereocenters. The van der Waals surface area contributed by atoms with E-state index in [2.05, 4.69) is 11.4 Å². The van der Waals surface area contributed by atoms with Crippen molar-refractivity contribution in [1.82, 2.24) is 0 Å². The number of ether oxygens (including phenoxy) is 3. The van der Waals surface area contributed by atoms with Gasteiger partial charge >= 0.3 is 5.97 Å². The monoisotopic (exact) mass is 338 g/mol. The van der Waals surface area contributed by atoms with Gasteiger partial charge in [0, 0.05) is 18.2 Å². The van der Waals surface area contributed by atoms with E-state index < -0.39 is 0 Å². The van der Waals surface area contributed by atoms with Crippen molar-refractivity contribution in [3.8, 4) is 23.3 Å². The molecular weight excluding hydrogens is 320 g/mol. The predicted octanol–water partition coefficient (Wildman–Crippen LogP) is 3.48. The SMILES string of the molecule is COc1cc(C#N)ccc1Oc1ccc(NC2CC(C)OC2=O)cc1. The smallest absolute Gasteiger partial charge is 0.328 e. The quantitative estimate of drug-likeness (QED) is 0.841. The third-order valence-electron chi connectivity index (χ3n) is 3.89. The predicted molar refractivity (Wildman–Crippen MR) is 91.8 cm³/mol. The fourth-order valence-electron chi connectivity index (χ4n) is 2.64. The number of nitriles is 1. The van der Waals surface area contributed by atoms with Gasteiger partial charge in [0.05, 0.1) is 18.7 Å². The zero-order chi connectivity index (χ0) is 17.8. The lowest BCUT2D eigenvalue weighted by Crippen LogP contribution is -2.24. The summed E-state index contributed by atoms with van der Waals surface area (Å²) in [7, 11) is 1.53. The molecule has 1 aliphatic heterocycles. The Bertz CT molecular complexity index is 811. The highest BCUT2D eigenvalue weighted by atomic mass is 16.6. The molecule has 0 aliphatic carbocycles. The van der Waals surface area contributed by atoms with Crippen molar-refractivity contribution in [2.75, 3.05) is 12.4 Å². The first kappa shape index (κ1) is 16.7. The summed E-state index contributed by atoms with van der Waals surface area (Å²) >= 11 is 0. The first-order valence-corrected chi connectivity index (χ1v) is 7.92. The van der Waals surface area contributed by atoms with E-state index in [0.29, 0.717) is 29.2 Å². The molecule has 0 bridgehead atoms. The molecule has 25 heavy (non-hydrogen) atoms. The Balaban J connectivity index is 1.69. The van der Waals surface area contributed by atoms with Crippen LogP contribution in [0.4, 0.5) is 5.69 Å². The fourth-order valence-corrected chi connectivity index (χ4v) is 2.64. The summed E-state index contributed by atoms with van der Waals surface area (Å²) in [6, 6.07) is 14.0. The van der Waals surface area contributed by atoms with Gasteiger partial charge in [0.2, 0.25) is 0 Å². The van der Waals surface area contributed by atoms with Crippen LogP contribution in [-0.4, -0.2) is 25.2 Å². The highest BCUT2D eigenvalue weighted by Gasteiger charge is 2.31. The van der Waals surface area contributed by atoms with E-state index in [9.17, 15) is 4.79 Å². The second-order valence-corrected chi connectivity index (χ2v) is 5.78. The highest BCUT2D eigenvalue weighted by molar-refractivity contribution is 5.81. The average Bonchev–Trinajstić information content (AvgIpc) is 2.94. The largest absolute Gasteiger partial charge is 0.493 e. The van der Waals surface area contributed by atoms with Gasteiger partial charge < -0.3 is 19.5 Å². The molecule has 0 spiro atoms. The zero-order valence-electron chi connectivity index (χ0n) is 14.0. The van der Waals surface area contributed by atoms with E-state index in [4.69, 9.17) is 19.5 Å². The Morgan fingerprint density at radius 1 is 1.20 bits per heavy atom. The van der Waals surface area contributed by atoms with Crippen molar-refractivity contribution < 1.29 is 19.0 Å². The number of cyclic esters (lactones) is 1. The van der Waals surface area contributed by atoms with E-state index in [-0.39, 0.29) is 18.1 Å². The van der Waals surface area contributed by atoms with Crippen LogP contribution in [0, 0.1) is 11.3 Å². The Morgan fingerprint density at radius 3 is 2.56 bits per heavy atom. The third-order valence-corrected chi connectivity index (χ3v) is 3.89. The van der Waals surface area contributed by atoms with Crippen molar-refractivity contribution in [1.29, 1.82) is 5.26 Å². The van der Waals surface area contributed by atoms with Gasteiger partial charge in [-0.25, -0.2) is 4.79 Å². The molecule has 3 rings (SSSR count). The normalized spacial score (nSPS) is 19.0. The number of rotatable bonds is 5. The molecule has 6 heteroatoms. The molecule has 2 aromatic rings. The van der Waals surface area contributed by atoms with Crippen LogP contribution in [0.1, 0.15) is 18.9 Å². The summed E-state index contributed by atoms with van der Waals surface area (Å²) < 4.78 is 16.2. The van der Waals surface area contributed by atoms with Gasteiger partial charge in [0.15, 0.2) is 11.5 Å². The van der Waals surface area contributed by atoms with Gasteiger partial charge in [-0.15, -0.1) is 0 Å². The van der Waals surface area contributed by atoms with Crippen LogP contribution in [0.5, 0.6) is 17.2 Å². The lowest BCUT2D eigenvalue weighted by molar-refractivity contribution is -0.141. The Hall–Kier alpha value is -3.20. The molecule has 6 nitrogen and oxygen atoms in total. The molecular formula is C19H18N2O4. The maximum absolute atomic E-state index is 11.7. The number of esters is 1. The number of benzene rings is 2. The number of nitrogens with one attached hydrogen (secondary N) is 1. The lowest BCUT2D eigenvalue weighted by atomic mass is 10.2. The number of hydrogen-bond acceptors (Lipinski definition) is 6. The Morgan fingerprint density at radius 2 is 1.96 bits per heavy atom. The molecule has 128 valence electrons. The Kier molecular flexibility index (Phi) is 4.75. The highest BCUT2D eigenvalue weighted by Crippen LogP contribution is 2.32. The molecule has 1 heterocycles. The average molecular weight is 338 g/mol. The van der Waals surface area contributed by atoms with E-state index in [1.807, 2.05) is 19.1 Å². The summed E-state index contributed by atoms with van der Waals surface area (Å²) in [5, 5.41) is 12.1. The Labute approximate surface area is 145 Å². The molecule has 0 amide bonds. The van der Waals surface area contributed by atoms with E-state index in [0.717, 1.165) is 5.69 Å². The maximum Gasteiger partial charge on any atom is 0.328 e. The van der Waals surface area contributed by atoms with Crippen LogP contribution >= 0.6 is 0 Å². The minimum absolute atomic E-state index is 0.0588. The van der Waals surface area contributed by atoms with Gasteiger partial charge in [-0.1, -0.05) is 0 Å². The van der Waals surface area contributed by atoms with Crippen molar-refractivity contribution in [2.24, 2.45) is 0 Å². The summed E-state index contributed by atoms with van der Waals surface area (Å²) in [5.74, 6) is 1.41. The molecule has 1 aliphatic rings. The van der Waals surface area contributed by atoms with E-state index in [1.54, 1.807) is 30.3 Å². The number of methoxy groups -OCH3 is 1. The first-order chi connectivity index (χ1) is 12.1. The molecule has 2 aromatic carbocycles. The summed E-state index contributed by atoms with van der Waals surface area (Å²) in [4.78, 5) is 11.7. The van der Waals surface area contributed by atoms with Crippen LogP contribution in [0.25, 0.3) is 0 Å². The topological polar surface area (TPSA) is 80.6 Å². The summed E-state index contributed by atoms with van der Waals surface area (Å²) in [6.45, 7) is 1.88. The molecule has 1 N–H and O–H groups in total. The van der Waals surface area contributed by atoms with Crippen LogP contribution in [0.15, 0.2) is 42.5 Å². The second kappa shape index (κ2) is 7.14. The zero-order valence-corrected chi connectivity index (χ0v) is 14.0. The van der Waals surface area contributed by atoms with Gasteiger partial charge in [-0.05, 0) is 43.3 Å². The third kappa shape index (κ3) is 3.83. The summed E-state index contributed by atoms with van der Waals surface area (Å²) in [5.41, 5.74) is 1.32. The number of carbonyl (C=O) groups excluding carboxylic acids is 1. The van der Waals surface area contributed by atoms with Gasteiger partial charge in [0.1, 0.15) is 17.9 Å². The summed E-state index contributed by atoms with van der Waals surface area (Å²) in [6.07, 6.45) is 0.593. The standard InChI is InChI=1S/C19H18N2O4/c1-12-9-16(19(22)24-12)21-14-4-6-15(7-5-14)25-17-8-3-13(11-20)10-18(17)23-2/h3-8,10,12,16,21H,9H2,1-2H3. The molecule has 1 fully saturated rings. The number of carbonyl (C=O) groups is 1. The fraction of sp³-hybridized carbons (Fsp3) is 0.263. The number of nitrogens with zero attached hydrogens (tertiary/aromatic N) is 1. The van der Waals surface area contributed by atoms with Crippen molar-refractivity contribution in [3.63, 3.8) is 0 Å². The van der Waals surface area contributed by atoms with E-state index in [1.165, 1.54) is 7.11 Å². The van der Waals surface area contributed by atoms with Gasteiger partial charge in [-0.3, -0.25) is 0 Å². The van der Waals surface area contributed by atoms with Gasteiger partial charge in [0.25, 0.3) is 0 Å².